The Morgan fingerprint density at radius 3 is 3.00 bits per heavy atom. The van der Waals surface area contributed by atoms with Gasteiger partial charge in [0.15, 0.2) is 0 Å². The van der Waals surface area contributed by atoms with E-state index >= 15 is 0 Å². The van der Waals surface area contributed by atoms with Crippen molar-refractivity contribution >= 4 is 0 Å². The summed E-state index contributed by atoms with van der Waals surface area (Å²) in [4.78, 5) is 2.51. The molecule has 0 saturated carbocycles. The zero-order valence-corrected chi connectivity index (χ0v) is 12.1. The molecule has 1 aromatic heterocycles. The number of para-hydroxylation sites is 1. The number of ether oxygens (including phenoxy) is 1. The SMILES string of the molecule is COc1ccccc1CN1CCC[C@H]1c1[nH]ncc1C. The third-order valence-corrected chi connectivity index (χ3v) is 4.13. The third-order valence-electron chi connectivity index (χ3n) is 4.13. The van der Waals surface area contributed by atoms with Gasteiger partial charge in [0.1, 0.15) is 5.75 Å². The van der Waals surface area contributed by atoms with Crippen molar-refractivity contribution in [1.29, 1.82) is 0 Å². The van der Waals surface area contributed by atoms with Crippen LogP contribution >= 0.6 is 0 Å². The van der Waals surface area contributed by atoms with Crippen LogP contribution in [0.3, 0.4) is 0 Å². The first-order valence-electron chi connectivity index (χ1n) is 7.15. The Morgan fingerprint density at radius 1 is 1.40 bits per heavy atom. The highest BCUT2D eigenvalue weighted by Gasteiger charge is 2.28. The monoisotopic (exact) mass is 271 g/mol. The summed E-state index contributed by atoms with van der Waals surface area (Å²) < 4.78 is 5.46. The number of H-pyrrole nitrogens is 1. The van der Waals surface area contributed by atoms with Gasteiger partial charge in [-0.25, -0.2) is 0 Å². The van der Waals surface area contributed by atoms with Crippen LogP contribution in [0.5, 0.6) is 5.75 Å². The zero-order chi connectivity index (χ0) is 13.9. The molecule has 1 N–H and O–H groups in total. The standard InChI is InChI=1S/C16H21N3O/c1-12-10-17-18-16(12)14-7-5-9-19(14)11-13-6-3-4-8-15(13)20-2/h3-4,6,8,10,14H,5,7,9,11H2,1-2H3,(H,17,18)/t14-/m0/s1. The van der Waals surface area contributed by atoms with E-state index in [2.05, 4.69) is 34.2 Å². The van der Waals surface area contributed by atoms with Crippen molar-refractivity contribution in [2.75, 3.05) is 13.7 Å². The van der Waals surface area contributed by atoms with E-state index in [1.165, 1.54) is 29.7 Å². The second-order valence-electron chi connectivity index (χ2n) is 5.41. The number of aryl methyl sites for hydroxylation is 1. The number of hydrogen-bond donors (Lipinski definition) is 1. The van der Waals surface area contributed by atoms with E-state index in [-0.39, 0.29) is 0 Å². The Hall–Kier alpha value is -1.81. The third kappa shape index (κ3) is 2.43. The molecule has 0 aliphatic carbocycles. The van der Waals surface area contributed by atoms with Gasteiger partial charge < -0.3 is 4.74 Å². The Bertz CT molecular complexity index is 579. The van der Waals surface area contributed by atoms with Gasteiger partial charge in [-0.3, -0.25) is 10.00 Å². The Labute approximate surface area is 119 Å². The molecule has 0 bridgehead atoms. The Morgan fingerprint density at radius 2 is 2.25 bits per heavy atom. The molecule has 1 aromatic carbocycles. The van der Waals surface area contributed by atoms with Gasteiger partial charge in [-0.1, -0.05) is 18.2 Å². The maximum Gasteiger partial charge on any atom is 0.123 e. The number of nitrogens with zero attached hydrogens (tertiary/aromatic N) is 2. The maximum absolute atomic E-state index is 5.46. The molecule has 2 aromatic rings. The highest BCUT2D eigenvalue weighted by Crippen LogP contribution is 2.34. The van der Waals surface area contributed by atoms with Crippen LogP contribution < -0.4 is 4.74 Å². The number of hydrogen-bond acceptors (Lipinski definition) is 3. The molecule has 20 heavy (non-hydrogen) atoms. The summed E-state index contributed by atoms with van der Waals surface area (Å²) >= 11 is 0. The van der Waals surface area contributed by atoms with Gasteiger partial charge in [0, 0.05) is 12.1 Å². The van der Waals surface area contributed by atoms with Gasteiger partial charge in [0.05, 0.1) is 25.0 Å². The van der Waals surface area contributed by atoms with E-state index in [1.807, 2.05) is 18.3 Å². The van der Waals surface area contributed by atoms with Crippen LogP contribution in [0.1, 0.15) is 35.7 Å². The molecule has 4 heteroatoms. The quantitative estimate of drug-likeness (QED) is 0.929. The van der Waals surface area contributed by atoms with Gasteiger partial charge in [0.25, 0.3) is 0 Å². The normalized spacial score (nSPS) is 19.4. The molecule has 1 saturated heterocycles. The molecule has 1 atom stereocenters. The fourth-order valence-electron chi connectivity index (χ4n) is 3.09. The van der Waals surface area contributed by atoms with Gasteiger partial charge in [-0.15, -0.1) is 0 Å². The van der Waals surface area contributed by atoms with Crippen molar-refractivity contribution in [3.05, 3.63) is 47.3 Å². The molecular weight excluding hydrogens is 250 g/mol. The number of benzene rings is 1. The number of likely N-dealkylation sites (tertiary alicyclic amines) is 1. The Kier molecular flexibility index (Phi) is 3.74. The van der Waals surface area contributed by atoms with Crippen LogP contribution in [-0.4, -0.2) is 28.8 Å². The molecule has 2 heterocycles. The molecule has 1 fully saturated rings. The van der Waals surface area contributed by atoms with Gasteiger partial charge >= 0.3 is 0 Å². The van der Waals surface area contributed by atoms with Crippen LogP contribution in [0.25, 0.3) is 0 Å². The van der Waals surface area contributed by atoms with Crippen molar-refractivity contribution < 1.29 is 4.74 Å². The first kappa shape index (κ1) is 13.2. The Balaban J connectivity index is 1.81. The van der Waals surface area contributed by atoms with E-state index in [4.69, 9.17) is 4.74 Å². The largest absolute Gasteiger partial charge is 0.496 e. The van der Waals surface area contributed by atoms with Crippen molar-refractivity contribution in [2.24, 2.45) is 0 Å². The molecule has 1 aliphatic rings. The fourth-order valence-corrected chi connectivity index (χ4v) is 3.09. The minimum absolute atomic E-state index is 0.447. The van der Waals surface area contributed by atoms with E-state index in [9.17, 15) is 0 Å². The van der Waals surface area contributed by atoms with Crippen LogP contribution in [0.15, 0.2) is 30.5 Å². The fraction of sp³-hybridized carbons (Fsp3) is 0.438. The van der Waals surface area contributed by atoms with Crippen molar-refractivity contribution in [1.82, 2.24) is 15.1 Å². The molecule has 0 spiro atoms. The zero-order valence-electron chi connectivity index (χ0n) is 12.1. The van der Waals surface area contributed by atoms with E-state index in [0.717, 1.165) is 18.8 Å². The molecule has 4 nitrogen and oxygen atoms in total. The lowest BCUT2D eigenvalue weighted by Crippen LogP contribution is -2.23. The molecule has 0 radical (unpaired) electrons. The van der Waals surface area contributed by atoms with Crippen LogP contribution in [0.2, 0.25) is 0 Å². The lowest BCUT2D eigenvalue weighted by atomic mass is 10.1. The summed E-state index contributed by atoms with van der Waals surface area (Å²) in [6.45, 7) is 4.17. The predicted octanol–water partition coefficient (Wildman–Crippen LogP) is 3.06. The van der Waals surface area contributed by atoms with Gasteiger partial charge in [-0.2, -0.15) is 5.10 Å². The average molecular weight is 271 g/mol. The van der Waals surface area contributed by atoms with Crippen molar-refractivity contribution in [3.63, 3.8) is 0 Å². The topological polar surface area (TPSA) is 41.1 Å². The number of aromatic nitrogens is 2. The minimum atomic E-state index is 0.447. The summed E-state index contributed by atoms with van der Waals surface area (Å²) in [7, 11) is 1.74. The summed E-state index contributed by atoms with van der Waals surface area (Å²) in [6, 6.07) is 8.71. The summed E-state index contributed by atoms with van der Waals surface area (Å²) in [6.07, 6.45) is 4.34. The second-order valence-corrected chi connectivity index (χ2v) is 5.41. The average Bonchev–Trinajstić information content (AvgIpc) is 3.08. The minimum Gasteiger partial charge on any atom is -0.496 e. The number of rotatable bonds is 4. The highest BCUT2D eigenvalue weighted by atomic mass is 16.5. The van der Waals surface area contributed by atoms with Gasteiger partial charge in [0.2, 0.25) is 0 Å². The molecule has 0 amide bonds. The maximum atomic E-state index is 5.46. The van der Waals surface area contributed by atoms with Crippen LogP contribution in [0, 0.1) is 6.92 Å². The highest BCUT2D eigenvalue weighted by molar-refractivity contribution is 5.33. The van der Waals surface area contributed by atoms with Crippen molar-refractivity contribution in [3.8, 4) is 5.75 Å². The summed E-state index contributed by atoms with van der Waals surface area (Å²) in [5.41, 5.74) is 3.76. The molecular formula is C16H21N3O. The lowest BCUT2D eigenvalue weighted by Gasteiger charge is -2.25. The predicted molar refractivity (Wildman–Crippen MR) is 78.7 cm³/mol. The van der Waals surface area contributed by atoms with E-state index in [1.54, 1.807) is 7.11 Å². The number of methoxy groups -OCH3 is 1. The summed E-state index contributed by atoms with van der Waals surface area (Å²) in [5, 5.41) is 7.33. The number of nitrogens with one attached hydrogen (secondary N) is 1. The second kappa shape index (κ2) is 5.67. The number of aromatic amines is 1. The van der Waals surface area contributed by atoms with Crippen molar-refractivity contribution in [2.45, 2.75) is 32.4 Å². The molecule has 106 valence electrons. The smallest absolute Gasteiger partial charge is 0.123 e. The molecule has 0 unspecified atom stereocenters. The van der Waals surface area contributed by atoms with Crippen LogP contribution in [-0.2, 0) is 6.54 Å². The van der Waals surface area contributed by atoms with Crippen LogP contribution in [0.4, 0.5) is 0 Å². The summed E-state index contributed by atoms with van der Waals surface area (Å²) in [5.74, 6) is 0.972. The van der Waals surface area contributed by atoms with Gasteiger partial charge in [-0.05, 0) is 37.9 Å². The van der Waals surface area contributed by atoms with E-state index < -0.39 is 0 Å². The van der Waals surface area contributed by atoms with E-state index in [0.29, 0.717) is 6.04 Å². The lowest BCUT2D eigenvalue weighted by molar-refractivity contribution is 0.240. The molecule has 1 aliphatic heterocycles. The first-order valence-corrected chi connectivity index (χ1v) is 7.15. The first-order chi connectivity index (χ1) is 9.79. The molecule has 3 rings (SSSR count).